The lowest BCUT2D eigenvalue weighted by molar-refractivity contribution is -0.116. The average molecular weight is 434 g/mol. The summed E-state index contributed by atoms with van der Waals surface area (Å²) in [5.41, 5.74) is 2.76. The minimum Gasteiger partial charge on any atom is -0.489 e. The molecule has 4 aromatic rings. The van der Waals surface area contributed by atoms with E-state index in [1.807, 2.05) is 54.6 Å². The van der Waals surface area contributed by atoms with Crippen LogP contribution in [0, 0.1) is 5.82 Å². The van der Waals surface area contributed by atoms with E-state index in [1.54, 1.807) is 6.07 Å². The lowest BCUT2D eigenvalue weighted by Gasteiger charge is -2.38. The molecule has 1 unspecified atom stereocenters. The zero-order chi connectivity index (χ0) is 21.2. The van der Waals surface area contributed by atoms with Crippen molar-refractivity contribution in [3.05, 3.63) is 84.2 Å². The normalized spacial score (nSPS) is 15.4. The number of rotatable bonds is 5. The Morgan fingerprint density at radius 2 is 1.94 bits per heavy atom. The maximum atomic E-state index is 13.7. The molecule has 1 atom stereocenters. The molecule has 2 heterocycles. The maximum absolute atomic E-state index is 13.7. The fraction of sp³-hybridized carbons (Fsp3) is 0.167. The number of halogens is 1. The predicted molar refractivity (Wildman–Crippen MR) is 121 cm³/mol. The molecular formula is C24H20FN3O2S. The number of thiazole rings is 1. The molecule has 0 spiro atoms. The summed E-state index contributed by atoms with van der Waals surface area (Å²) in [5.74, 6) is 0.0282. The van der Waals surface area contributed by atoms with Crippen molar-refractivity contribution in [2.75, 3.05) is 16.8 Å². The van der Waals surface area contributed by atoms with Gasteiger partial charge in [-0.25, -0.2) is 9.37 Å². The maximum Gasteiger partial charge on any atom is 0.228 e. The third-order valence-corrected chi connectivity index (χ3v) is 6.21. The standard InChI is InChI=1S/C24H20FN3O2S/c25-17-10-11-20-21(12-17)30-15-18(28(20)14-16-6-2-1-3-7-16)13-23(29)27-24-26-19-8-4-5-9-22(19)31-24/h1-12,18H,13-15H2,(H,26,27,29). The summed E-state index contributed by atoms with van der Waals surface area (Å²) >= 11 is 1.45. The summed E-state index contributed by atoms with van der Waals surface area (Å²) in [6.45, 7) is 0.901. The molecule has 0 saturated heterocycles. The topological polar surface area (TPSA) is 54.5 Å². The summed E-state index contributed by atoms with van der Waals surface area (Å²) < 4.78 is 20.6. The van der Waals surface area contributed by atoms with Crippen molar-refractivity contribution in [2.24, 2.45) is 0 Å². The van der Waals surface area contributed by atoms with Gasteiger partial charge in [-0.15, -0.1) is 0 Å². The van der Waals surface area contributed by atoms with Crippen LogP contribution < -0.4 is 15.0 Å². The monoisotopic (exact) mass is 433 g/mol. The molecule has 0 fully saturated rings. The van der Waals surface area contributed by atoms with Gasteiger partial charge in [0.1, 0.15) is 18.2 Å². The molecule has 1 amide bonds. The number of nitrogens with zero attached hydrogens (tertiary/aromatic N) is 2. The Morgan fingerprint density at radius 1 is 1.13 bits per heavy atom. The molecule has 3 aromatic carbocycles. The van der Waals surface area contributed by atoms with Gasteiger partial charge in [0.05, 0.1) is 28.4 Å². The van der Waals surface area contributed by atoms with Crippen LogP contribution in [0.1, 0.15) is 12.0 Å². The number of ether oxygens (including phenoxy) is 1. The average Bonchev–Trinajstić information content (AvgIpc) is 3.18. The second kappa shape index (κ2) is 8.35. The van der Waals surface area contributed by atoms with Gasteiger partial charge in [-0.05, 0) is 29.8 Å². The summed E-state index contributed by atoms with van der Waals surface area (Å²) in [5, 5.41) is 3.51. The molecule has 0 aliphatic carbocycles. The summed E-state index contributed by atoms with van der Waals surface area (Å²) in [6.07, 6.45) is 0.236. The lowest BCUT2D eigenvalue weighted by atomic mass is 10.1. The second-order valence-corrected chi connectivity index (χ2v) is 8.46. The number of aromatic nitrogens is 1. The first-order chi connectivity index (χ1) is 15.2. The van der Waals surface area contributed by atoms with Crippen molar-refractivity contribution in [2.45, 2.75) is 19.0 Å². The number of carbonyl (C=O) groups is 1. The highest BCUT2D eigenvalue weighted by Gasteiger charge is 2.30. The molecule has 31 heavy (non-hydrogen) atoms. The number of carbonyl (C=O) groups excluding carboxylic acids is 1. The van der Waals surface area contributed by atoms with E-state index in [4.69, 9.17) is 4.74 Å². The van der Waals surface area contributed by atoms with E-state index >= 15 is 0 Å². The fourth-order valence-electron chi connectivity index (χ4n) is 3.79. The smallest absolute Gasteiger partial charge is 0.228 e. The van der Waals surface area contributed by atoms with E-state index in [9.17, 15) is 9.18 Å². The van der Waals surface area contributed by atoms with Crippen molar-refractivity contribution in [1.82, 2.24) is 4.98 Å². The van der Waals surface area contributed by atoms with E-state index in [1.165, 1.54) is 23.5 Å². The van der Waals surface area contributed by atoms with Crippen molar-refractivity contribution >= 4 is 38.3 Å². The van der Waals surface area contributed by atoms with Crippen LogP contribution in [0.5, 0.6) is 5.75 Å². The van der Waals surface area contributed by atoms with Gasteiger partial charge in [-0.1, -0.05) is 53.8 Å². The Bertz CT molecular complexity index is 1190. The SMILES string of the molecule is O=C(CC1COc2cc(F)ccc2N1Cc1ccccc1)Nc1nc2ccccc2s1. The van der Waals surface area contributed by atoms with Crippen LogP contribution in [0.3, 0.4) is 0 Å². The van der Waals surface area contributed by atoms with Crippen molar-refractivity contribution in [1.29, 1.82) is 0 Å². The number of para-hydroxylation sites is 1. The fourth-order valence-corrected chi connectivity index (χ4v) is 4.67. The summed E-state index contributed by atoms with van der Waals surface area (Å²) in [4.78, 5) is 19.4. The Kier molecular flexibility index (Phi) is 5.26. The molecule has 1 N–H and O–H groups in total. The number of hydrogen-bond donors (Lipinski definition) is 1. The van der Waals surface area contributed by atoms with Crippen LogP contribution in [0.25, 0.3) is 10.2 Å². The van der Waals surface area contributed by atoms with Crippen molar-refractivity contribution in [3.8, 4) is 5.75 Å². The Hall–Kier alpha value is -3.45. The highest BCUT2D eigenvalue weighted by molar-refractivity contribution is 7.22. The number of nitrogens with one attached hydrogen (secondary N) is 1. The quantitative estimate of drug-likeness (QED) is 0.468. The van der Waals surface area contributed by atoms with Gasteiger partial charge >= 0.3 is 0 Å². The highest BCUT2D eigenvalue weighted by atomic mass is 32.1. The summed E-state index contributed by atoms with van der Waals surface area (Å²) in [6, 6.07) is 22.1. The van der Waals surface area contributed by atoms with Crippen LogP contribution in [0.2, 0.25) is 0 Å². The first kappa shape index (κ1) is 19.5. The van der Waals surface area contributed by atoms with Gasteiger partial charge in [-0.2, -0.15) is 0 Å². The van der Waals surface area contributed by atoms with E-state index in [-0.39, 0.29) is 24.2 Å². The van der Waals surface area contributed by atoms with Crippen LogP contribution in [-0.2, 0) is 11.3 Å². The van der Waals surface area contributed by atoms with E-state index < -0.39 is 0 Å². The van der Waals surface area contributed by atoms with Gasteiger partial charge in [0, 0.05) is 12.6 Å². The Labute approximate surface area is 183 Å². The second-order valence-electron chi connectivity index (χ2n) is 7.43. The highest BCUT2D eigenvalue weighted by Crippen LogP contribution is 2.36. The van der Waals surface area contributed by atoms with Crippen molar-refractivity contribution < 1.29 is 13.9 Å². The van der Waals surface area contributed by atoms with Crippen LogP contribution in [0.15, 0.2) is 72.8 Å². The minimum absolute atomic E-state index is 0.128. The van der Waals surface area contributed by atoms with Crippen LogP contribution in [-0.4, -0.2) is 23.5 Å². The number of anilines is 2. The van der Waals surface area contributed by atoms with Gasteiger partial charge in [0.25, 0.3) is 0 Å². The van der Waals surface area contributed by atoms with E-state index in [2.05, 4.69) is 15.2 Å². The third-order valence-electron chi connectivity index (χ3n) is 5.26. The Balaban J connectivity index is 1.37. The number of benzene rings is 3. The largest absolute Gasteiger partial charge is 0.489 e. The predicted octanol–water partition coefficient (Wildman–Crippen LogP) is 5.23. The molecule has 1 aliphatic heterocycles. The molecule has 0 bridgehead atoms. The number of fused-ring (bicyclic) bond motifs is 2. The zero-order valence-corrected chi connectivity index (χ0v) is 17.4. The molecule has 1 aromatic heterocycles. The molecule has 5 nitrogen and oxygen atoms in total. The van der Waals surface area contributed by atoms with Gasteiger partial charge < -0.3 is 15.0 Å². The lowest BCUT2D eigenvalue weighted by Crippen LogP contribution is -2.44. The molecule has 156 valence electrons. The van der Waals surface area contributed by atoms with Crippen LogP contribution in [0.4, 0.5) is 15.2 Å². The zero-order valence-electron chi connectivity index (χ0n) is 16.6. The number of amides is 1. The van der Waals surface area contributed by atoms with Gasteiger partial charge in [-0.3, -0.25) is 4.79 Å². The van der Waals surface area contributed by atoms with Gasteiger partial charge in [0.2, 0.25) is 5.91 Å². The van der Waals surface area contributed by atoms with E-state index in [0.717, 1.165) is 21.5 Å². The number of hydrogen-bond acceptors (Lipinski definition) is 5. The van der Waals surface area contributed by atoms with E-state index in [0.29, 0.717) is 24.0 Å². The molecule has 1 aliphatic rings. The minimum atomic E-state index is -0.342. The summed E-state index contributed by atoms with van der Waals surface area (Å²) in [7, 11) is 0. The first-order valence-electron chi connectivity index (χ1n) is 10.0. The van der Waals surface area contributed by atoms with Crippen molar-refractivity contribution in [3.63, 3.8) is 0 Å². The Morgan fingerprint density at radius 3 is 2.77 bits per heavy atom. The third kappa shape index (κ3) is 4.22. The van der Waals surface area contributed by atoms with Gasteiger partial charge in [0.15, 0.2) is 5.13 Å². The molecule has 0 radical (unpaired) electrons. The molecule has 0 saturated carbocycles. The van der Waals surface area contributed by atoms with Crippen LogP contribution >= 0.6 is 11.3 Å². The molecular weight excluding hydrogens is 413 g/mol. The first-order valence-corrected chi connectivity index (χ1v) is 10.9. The molecule has 7 heteroatoms. The molecule has 5 rings (SSSR count).